The molecule has 0 saturated heterocycles. The highest BCUT2D eigenvalue weighted by Crippen LogP contribution is 2.10. The van der Waals surface area contributed by atoms with Crippen LogP contribution >= 0.6 is 12.2 Å². The summed E-state index contributed by atoms with van der Waals surface area (Å²) in [6.45, 7) is 5.75. The van der Waals surface area contributed by atoms with Crippen LogP contribution in [0.5, 0.6) is 0 Å². The Hall–Kier alpha value is -1.93. The third kappa shape index (κ3) is 5.37. The average molecular weight is 292 g/mol. The Bertz CT molecular complexity index is 570. The second-order valence-corrected chi connectivity index (χ2v) is 5.79. The summed E-state index contributed by atoms with van der Waals surface area (Å²) in [6.07, 6.45) is 5.13. The molecule has 1 aromatic rings. The van der Waals surface area contributed by atoms with Gasteiger partial charge in [-0.05, 0) is 56.8 Å². The first-order valence-electron chi connectivity index (χ1n) is 6.08. The molecule has 0 radical (unpaired) electrons. The second-order valence-electron chi connectivity index (χ2n) is 5.38. The molecular weight excluding hydrogens is 275 g/mol. The number of carbonyl (C=O) groups is 1. The van der Waals surface area contributed by atoms with Gasteiger partial charge >= 0.3 is 0 Å². The van der Waals surface area contributed by atoms with Crippen molar-refractivity contribution in [2.45, 2.75) is 32.7 Å². The molecule has 0 atom stereocenters. The Kier molecular flexibility index (Phi) is 5.23. The van der Waals surface area contributed by atoms with E-state index in [9.17, 15) is 9.18 Å². The van der Waals surface area contributed by atoms with Crippen LogP contribution in [0.2, 0.25) is 0 Å². The molecule has 5 heteroatoms. The summed E-state index contributed by atoms with van der Waals surface area (Å²) in [4.78, 5) is 11.8. The van der Waals surface area contributed by atoms with Gasteiger partial charge in [0.05, 0.1) is 6.42 Å². The largest absolute Gasteiger partial charge is 0.358 e. The minimum atomic E-state index is -0.464. The summed E-state index contributed by atoms with van der Waals surface area (Å²) in [6, 6.07) is 4.22. The molecular formula is C15H17FN2OS. The maximum Gasteiger partial charge on any atom is 0.230 e. The molecule has 0 aliphatic rings. The number of terminal acetylenes is 1. The van der Waals surface area contributed by atoms with Crippen molar-refractivity contribution in [3.05, 3.63) is 35.1 Å². The monoisotopic (exact) mass is 292 g/mol. The fraction of sp³-hybridized carbons (Fsp3) is 0.333. The van der Waals surface area contributed by atoms with E-state index >= 15 is 0 Å². The van der Waals surface area contributed by atoms with Gasteiger partial charge in [0.1, 0.15) is 5.82 Å². The van der Waals surface area contributed by atoms with E-state index in [0.29, 0.717) is 5.56 Å². The van der Waals surface area contributed by atoms with Gasteiger partial charge in [0, 0.05) is 11.1 Å². The van der Waals surface area contributed by atoms with Gasteiger partial charge in [-0.2, -0.15) is 0 Å². The van der Waals surface area contributed by atoms with Crippen LogP contribution in [0.1, 0.15) is 31.9 Å². The fourth-order valence-corrected chi connectivity index (χ4v) is 1.94. The van der Waals surface area contributed by atoms with Gasteiger partial charge in [0.25, 0.3) is 0 Å². The molecule has 0 aliphatic carbocycles. The molecule has 1 rings (SSSR count). The average Bonchev–Trinajstić information content (AvgIpc) is 2.29. The summed E-state index contributed by atoms with van der Waals surface area (Å²) >= 11 is 5.01. The zero-order valence-corrected chi connectivity index (χ0v) is 12.5. The number of hydrogen-bond acceptors (Lipinski definition) is 2. The Labute approximate surface area is 124 Å². The molecule has 1 amide bonds. The summed E-state index contributed by atoms with van der Waals surface area (Å²) in [5.41, 5.74) is 0.528. The van der Waals surface area contributed by atoms with Crippen molar-refractivity contribution in [3.8, 4) is 12.3 Å². The molecule has 0 aromatic heterocycles. The molecule has 0 saturated carbocycles. The van der Waals surface area contributed by atoms with E-state index < -0.39 is 5.82 Å². The highest BCUT2D eigenvalue weighted by molar-refractivity contribution is 7.80. The van der Waals surface area contributed by atoms with Crippen molar-refractivity contribution >= 4 is 23.2 Å². The number of benzene rings is 1. The standard InChI is InChI=1S/C15H17FN2OS/c1-5-10-6-7-12(16)11(8-10)9-13(19)17-14(20)18-15(2,3)4/h1,6-8H,9H2,2-4H3,(H2,17,18,19,20). The maximum absolute atomic E-state index is 13.6. The minimum Gasteiger partial charge on any atom is -0.358 e. The maximum atomic E-state index is 13.6. The molecule has 20 heavy (non-hydrogen) atoms. The molecule has 0 fully saturated rings. The van der Waals surface area contributed by atoms with Crippen molar-refractivity contribution in [3.63, 3.8) is 0 Å². The smallest absolute Gasteiger partial charge is 0.230 e. The molecule has 1 aromatic carbocycles. The lowest BCUT2D eigenvalue weighted by atomic mass is 10.1. The van der Waals surface area contributed by atoms with E-state index in [1.807, 2.05) is 20.8 Å². The van der Waals surface area contributed by atoms with Gasteiger partial charge in [0.2, 0.25) is 5.91 Å². The van der Waals surface area contributed by atoms with Gasteiger partial charge in [-0.1, -0.05) is 5.92 Å². The van der Waals surface area contributed by atoms with E-state index in [4.69, 9.17) is 18.6 Å². The summed E-state index contributed by atoms with van der Waals surface area (Å²) in [7, 11) is 0. The van der Waals surface area contributed by atoms with Crippen molar-refractivity contribution < 1.29 is 9.18 Å². The van der Waals surface area contributed by atoms with Gasteiger partial charge in [-0.25, -0.2) is 4.39 Å². The van der Waals surface area contributed by atoms with E-state index in [-0.39, 0.29) is 28.5 Å². The quantitative estimate of drug-likeness (QED) is 0.648. The zero-order chi connectivity index (χ0) is 15.3. The van der Waals surface area contributed by atoms with E-state index in [0.717, 1.165) is 0 Å². The van der Waals surface area contributed by atoms with E-state index in [2.05, 4.69) is 16.6 Å². The highest BCUT2D eigenvalue weighted by Gasteiger charge is 2.14. The number of halogens is 1. The Morgan fingerprint density at radius 3 is 2.65 bits per heavy atom. The Morgan fingerprint density at radius 2 is 2.10 bits per heavy atom. The summed E-state index contributed by atoms with van der Waals surface area (Å²) in [5, 5.41) is 5.68. The van der Waals surface area contributed by atoms with Gasteiger partial charge in [-0.3, -0.25) is 4.79 Å². The molecule has 0 aliphatic heterocycles. The number of rotatable bonds is 2. The molecule has 106 valence electrons. The Morgan fingerprint density at radius 1 is 1.45 bits per heavy atom. The first-order chi connectivity index (χ1) is 9.21. The summed E-state index contributed by atoms with van der Waals surface area (Å²) < 4.78 is 13.6. The highest BCUT2D eigenvalue weighted by atomic mass is 32.1. The predicted molar refractivity (Wildman–Crippen MR) is 81.7 cm³/mol. The van der Waals surface area contributed by atoms with Crippen LogP contribution in [0.4, 0.5) is 4.39 Å². The van der Waals surface area contributed by atoms with Crippen LogP contribution < -0.4 is 10.6 Å². The van der Waals surface area contributed by atoms with Crippen molar-refractivity contribution in [1.29, 1.82) is 0 Å². The van der Waals surface area contributed by atoms with E-state index in [1.165, 1.54) is 18.2 Å². The number of nitrogens with one attached hydrogen (secondary N) is 2. The lowest BCUT2D eigenvalue weighted by Crippen LogP contribution is -2.48. The van der Waals surface area contributed by atoms with E-state index in [1.54, 1.807) is 0 Å². The third-order valence-electron chi connectivity index (χ3n) is 2.30. The molecule has 0 unspecified atom stereocenters. The molecule has 0 bridgehead atoms. The summed E-state index contributed by atoms with van der Waals surface area (Å²) in [5.74, 6) is 1.55. The van der Waals surface area contributed by atoms with Gasteiger partial charge < -0.3 is 10.6 Å². The number of hydrogen-bond donors (Lipinski definition) is 2. The van der Waals surface area contributed by atoms with Crippen LogP contribution in [0, 0.1) is 18.2 Å². The predicted octanol–water partition coefficient (Wildman–Crippen LogP) is 2.14. The van der Waals surface area contributed by atoms with Crippen LogP contribution in [0.25, 0.3) is 0 Å². The van der Waals surface area contributed by atoms with Crippen LogP contribution in [0.15, 0.2) is 18.2 Å². The lowest BCUT2D eigenvalue weighted by Gasteiger charge is -2.22. The second kappa shape index (κ2) is 6.49. The lowest BCUT2D eigenvalue weighted by molar-refractivity contribution is -0.119. The van der Waals surface area contributed by atoms with Crippen molar-refractivity contribution in [2.75, 3.05) is 0 Å². The normalized spacial score (nSPS) is 10.6. The number of amides is 1. The first-order valence-corrected chi connectivity index (χ1v) is 6.49. The van der Waals surface area contributed by atoms with Gasteiger partial charge in [0.15, 0.2) is 5.11 Å². The number of thiocarbonyl (C=S) groups is 1. The molecule has 3 nitrogen and oxygen atoms in total. The van der Waals surface area contributed by atoms with Crippen LogP contribution in [0.3, 0.4) is 0 Å². The number of carbonyl (C=O) groups excluding carboxylic acids is 1. The van der Waals surface area contributed by atoms with Crippen LogP contribution in [-0.2, 0) is 11.2 Å². The molecule has 2 N–H and O–H groups in total. The van der Waals surface area contributed by atoms with Crippen LogP contribution in [-0.4, -0.2) is 16.6 Å². The molecule has 0 spiro atoms. The minimum absolute atomic E-state index is 0.118. The topological polar surface area (TPSA) is 41.1 Å². The van der Waals surface area contributed by atoms with Crippen molar-refractivity contribution in [2.24, 2.45) is 0 Å². The Balaban J connectivity index is 2.68. The molecule has 0 heterocycles. The first kappa shape index (κ1) is 16.1. The fourth-order valence-electron chi connectivity index (χ4n) is 1.52. The third-order valence-corrected chi connectivity index (χ3v) is 2.51. The van der Waals surface area contributed by atoms with Crippen molar-refractivity contribution in [1.82, 2.24) is 10.6 Å². The zero-order valence-electron chi connectivity index (χ0n) is 11.7. The van der Waals surface area contributed by atoms with Gasteiger partial charge in [-0.15, -0.1) is 6.42 Å². The SMILES string of the molecule is C#Cc1ccc(F)c(CC(=O)NC(=S)NC(C)(C)C)c1.